The van der Waals surface area contributed by atoms with Crippen molar-refractivity contribution in [1.82, 2.24) is 20.5 Å². The van der Waals surface area contributed by atoms with Crippen LogP contribution in [0.2, 0.25) is 0 Å². The second-order valence-corrected chi connectivity index (χ2v) is 12.0. The van der Waals surface area contributed by atoms with Gasteiger partial charge in [-0.25, -0.2) is 4.79 Å². The van der Waals surface area contributed by atoms with Crippen molar-refractivity contribution in [3.8, 4) is 0 Å². The van der Waals surface area contributed by atoms with Gasteiger partial charge in [-0.1, -0.05) is 78.9 Å². The standard InChI is InChI=1S/C34H40N4O4/c1-34(2,3)37-32(40)31-30-26(25-16-10-11-17-27(25)35-30)18-19-38(31)21-29(39)28(20-23-12-6-4-7-13-23)36-33(41)42-22-24-14-8-5-9-15-24/h4-17,28-29,31,35,39H,18-22H2,1-3H3,(H,36,41)(H,37,40)/t28-,29+,31?/m0/s1. The summed E-state index contributed by atoms with van der Waals surface area (Å²) in [6.07, 6.45) is -0.420. The Morgan fingerprint density at radius 2 is 1.62 bits per heavy atom. The van der Waals surface area contributed by atoms with Crippen LogP contribution < -0.4 is 10.6 Å². The van der Waals surface area contributed by atoms with E-state index in [1.807, 2.05) is 105 Å². The first-order chi connectivity index (χ1) is 20.2. The zero-order chi connectivity index (χ0) is 29.7. The zero-order valence-corrected chi connectivity index (χ0v) is 24.5. The highest BCUT2D eigenvalue weighted by Crippen LogP contribution is 2.35. The molecule has 0 bridgehead atoms. The molecule has 220 valence electrons. The molecule has 8 heteroatoms. The normalized spacial score (nSPS) is 16.8. The molecule has 2 amide bonds. The fraction of sp³-hybridized carbons (Fsp3) is 0.353. The Kier molecular flexibility index (Phi) is 8.94. The van der Waals surface area contributed by atoms with E-state index in [0.717, 1.165) is 39.7 Å². The molecule has 0 radical (unpaired) electrons. The lowest BCUT2D eigenvalue weighted by Crippen LogP contribution is -2.54. The van der Waals surface area contributed by atoms with Crippen molar-refractivity contribution < 1.29 is 19.4 Å². The lowest BCUT2D eigenvalue weighted by molar-refractivity contribution is -0.129. The summed E-state index contributed by atoms with van der Waals surface area (Å²) >= 11 is 0. The van der Waals surface area contributed by atoms with Crippen LogP contribution in [-0.4, -0.2) is 57.8 Å². The maximum atomic E-state index is 13.8. The highest BCUT2D eigenvalue weighted by molar-refractivity contribution is 5.90. The molecule has 8 nitrogen and oxygen atoms in total. The average molecular weight is 569 g/mol. The highest BCUT2D eigenvalue weighted by atomic mass is 16.5. The van der Waals surface area contributed by atoms with Crippen LogP contribution in [0.1, 0.15) is 49.2 Å². The van der Waals surface area contributed by atoms with Gasteiger partial charge in [-0.15, -0.1) is 0 Å². The topological polar surface area (TPSA) is 107 Å². The average Bonchev–Trinajstić information content (AvgIpc) is 3.34. The number of hydrogen-bond acceptors (Lipinski definition) is 5. The number of aromatic nitrogens is 1. The first-order valence-corrected chi connectivity index (χ1v) is 14.5. The monoisotopic (exact) mass is 568 g/mol. The summed E-state index contributed by atoms with van der Waals surface area (Å²) in [7, 11) is 0. The number of nitrogens with zero attached hydrogens (tertiary/aromatic N) is 1. The Bertz CT molecular complexity index is 1500. The van der Waals surface area contributed by atoms with Crippen molar-refractivity contribution in [2.45, 2.75) is 63.9 Å². The van der Waals surface area contributed by atoms with Crippen molar-refractivity contribution in [2.75, 3.05) is 13.1 Å². The van der Waals surface area contributed by atoms with Gasteiger partial charge in [0.05, 0.1) is 12.1 Å². The SMILES string of the molecule is CC(C)(C)NC(=O)C1c2[nH]c3ccccc3c2CCN1C[C@@H](O)[C@H](Cc1ccccc1)NC(=O)OCc1ccccc1. The third-order valence-corrected chi connectivity index (χ3v) is 7.58. The minimum Gasteiger partial charge on any atom is -0.445 e. The molecule has 0 spiro atoms. The number of carbonyl (C=O) groups excluding carboxylic acids is 2. The second-order valence-electron chi connectivity index (χ2n) is 12.0. The number of ether oxygens (including phenoxy) is 1. The molecule has 1 aromatic heterocycles. The Hall–Kier alpha value is -4.14. The van der Waals surface area contributed by atoms with Crippen molar-refractivity contribution in [3.05, 3.63) is 107 Å². The van der Waals surface area contributed by atoms with E-state index in [-0.39, 0.29) is 19.1 Å². The summed E-state index contributed by atoms with van der Waals surface area (Å²) < 4.78 is 5.49. The number of carbonyl (C=O) groups is 2. The number of amides is 2. The maximum Gasteiger partial charge on any atom is 0.407 e. The van der Waals surface area contributed by atoms with Crippen molar-refractivity contribution >= 4 is 22.9 Å². The number of aliphatic hydroxyl groups is 1. The number of fused-ring (bicyclic) bond motifs is 3. The summed E-state index contributed by atoms with van der Waals surface area (Å²) in [5, 5.41) is 18.8. The van der Waals surface area contributed by atoms with Gasteiger partial charge in [0.15, 0.2) is 0 Å². The van der Waals surface area contributed by atoms with Gasteiger partial charge < -0.3 is 25.5 Å². The van der Waals surface area contributed by atoms with Gasteiger partial charge >= 0.3 is 6.09 Å². The number of aliphatic hydroxyl groups excluding tert-OH is 1. The molecule has 0 saturated heterocycles. The number of rotatable bonds is 9. The molecule has 0 aliphatic carbocycles. The van der Waals surface area contributed by atoms with E-state index in [2.05, 4.69) is 21.7 Å². The van der Waals surface area contributed by atoms with Crippen LogP contribution in [0, 0.1) is 0 Å². The van der Waals surface area contributed by atoms with Crippen LogP contribution in [0.5, 0.6) is 0 Å². The third-order valence-electron chi connectivity index (χ3n) is 7.58. The first-order valence-electron chi connectivity index (χ1n) is 14.5. The Labute approximate surface area is 247 Å². The Balaban J connectivity index is 1.37. The molecular weight excluding hydrogens is 528 g/mol. The number of H-pyrrole nitrogens is 1. The molecule has 0 fully saturated rings. The predicted molar refractivity (Wildman–Crippen MR) is 164 cm³/mol. The highest BCUT2D eigenvalue weighted by Gasteiger charge is 2.38. The summed E-state index contributed by atoms with van der Waals surface area (Å²) in [5.41, 5.74) is 4.40. The molecule has 5 rings (SSSR count). The Morgan fingerprint density at radius 1 is 0.976 bits per heavy atom. The van der Waals surface area contributed by atoms with E-state index in [4.69, 9.17) is 4.74 Å². The van der Waals surface area contributed by atoms with E-state index >= 15 is 0 Å². The van der Waals surface area contributed by atoms with Gasteiger partial charge in [-0.05, 0) is 56.4 Å². The number of β-amino-alcohol motifs (C(OH)–C–C–N with tert-alkyl or cyclic N) is 1. The molecule has 3 aromatic carbocycles. The molecule has 1 aliphatic heterocycles. The fourth-order valence-corrected chi connectivity index (χ4v) is 5.66. The van der Waals surface area contributed by atoms with E-state index in [9.17, 15) is 14.7 Å². The van der Waals surface area contributed by atoms with E-state index < -0.39 is 29.8 Å². The van der Waals surface area contributed by atoms with Crippen LogP contribution in [0.25, 0.3) is 10.9 Å². The number of alkyl carbamates (subject to hydrolysis) is 1. The van der Waals surface area contributed by atoms with E-state index in [0.29, 0.717) is 13.0 Å². The summed E-state index contributed by atoms with van der Waals surface area (Å²) in [5.74, 6) is -0.128. The molecule has 3 atom stereocenters. The minimum absolute atomic E-state index is 0.128. The number of aromatic amines is 1. The fourth-order valence-electron chi connectivity index (χ4n) is 5.66. The van der Waals surface area contributed by atoms with Crippen LogP contribution in [-0.2, 0) is 29.0 Å². The molecular formula is C34H40N4O4. The molecule has 42 heavy (non-hydrogen) atoms. The molecule has 2 heterocycles. The number of hydrogen-bond donors (Lipinski definition) is 4. The van der Waals surface area contributed by atoms with Gasteiger partial charge in [-0.3, -0.25) is 9.69 Å². The van der Waals surface area contributed by atoms with Gasteiger partial charge in [0.25, 0.3) is 0 Å². The molecule has 4 aromatic rings. The number of nitrogens with one attached hydrogen (secondary N) is 3. The van der Waals surface area contributed by atoms with Crippen molar-refractivity contribution in [2.24, 2.45) is 0 Å². The van der Waals surface area contributed by atoms with Crippen LogP contribution in [0.4, 0.5) is 4.79 Å². The van der Waals surface area contributed by atoms with Crippen LogP contribution in [0.3, 0.4) is 0 Å². The zero-order valence-electron chi connectivity index (χ0n) is 24.5. The maximum absolute atomic E-state index is 13.8. The largest absolute Gasteiger partial charge is 0.445 e. The molecule has 1 aliphatic rings. The Morgan fingerprint density at radius 3 is 2.31 bits per heavy atom. The van der Waals surface area contributed by atoms with Crippen LogP contribution >= 0.6 is 0 Å². The number of benzene rings is 3. The van der Waals surface area contributed by atoms with Gasteiger partial charge in [0, 0.05) is 35.2 Å². The van der Waals surface area contributed by atoms with Crippen molar-refractivity contribution in [1.29, 1.82) is 0 Å². The molecule has 0 saturated carbocycles. The minimum atomic E-state index is -0.967. The quantitative estimate of drug-likeness (QED) is 0.230. The predicted octanol–water partition coefficient (Wildman–Crippen LogP) is 4.88. The van der Waals surface area contributed by atoms with Crippen LogP contribution in [0.15, 0.2) is 84.9 Å². The van der Waals surface area contributed by atoms with Gasteiger partial charge in [0.2, 0.25) is 5.91 Å². The first kappa shape index (κ1) is 29.4. The molecule has 4 N–H and O–H groups in total. The third kappa shape index (κ3) is 7.19. The van der Waals surface area contributed by atoms with E-state index in [1.54, 1.807) is 0 Å². The van der Waals surface area contributed by atoms with E-state index in [1.165, 1.54) is 0 Å². The summed E-state index contributed by atoms with van der Waals surface area (Å²) in [4.78, 5) is 32.1. The molecule has 1 unspecified atom stereocenters. The summed E-state index contributed by atoms with van der Waals surface area (Å²) in [6, 6.07) is 26.0. The second kappa shape index (κ2) is 12.8. The smallest absolute Gasteiger partial charge is 0.407 e. The lowest BCUT2D eigenvalue weighted by Gasteiger charge is -2.38. The summed E-state index contributed by atoms with van der Waals surface area (Å²) in [6.45, 7) is 6.78. The van der Waals surface area contributed by atoms with Crippen molar-refractivity contribution in [3.63, 3.8) is 0 Å². The van der Waals surface area contributed by atoms with Gasteiger partial charge in [-0.2, -0.15) is 0 Å². The van der Waals surface area contributed by atoms with Gasteiger partial charge in [0.1, 0.15) is 12.6 Å². The lowest BCUT2D eigenvalue weighted by atomic mass is 9.94. The number of para-hydroxylation sites is 1.